The molecule has 0 aliphatic carbocycles. The maximum Gasteiger partial charge on any atom is 0.219 e. The molecule has 2 N–H and O–H groups in total. The first-order valence-electron chi connectivity index (χ1n) is 7.11. The standard InChI is InChI=1S/C14H28N2O2/c1-5-14(18)12-6-13(15-7-10(2)3)9-16(8-12)11(4)17/h10,12-15,18H,5-9H2,1-4H3. The molecule has 1 rings (SSSR count). The summed E-state index contributed by atoms with van der Waals surface area (Å²) in [5.74, 6) is 0.920. The van der Waals surface area contributed by atoms with Crippen molar-refractivity contribution in [1.82, 2.24) is 10.2 Å². The summed E-state index contributed by atoms with van der Waals surface area (Å²) >= 11 is 0. The SMILES string of the molecule is CCC(O)C1CC(NCC(C)C)CN(C(C)=O)C1. The molecule has 0 bridgehead atoms. The monoisotopic (exact) mass is 256 g/mol. The van der Waals surface area contributed by atoms with Crippen LogP contribution in [0.5, 0.6) is 0 Å². The number of amides is 1. The van der Waals surface area contributed by atoms with Crippen molar-refractivity contribution >= 4 is 5.91 Å². The van der Waals surface area contributed by atoms with Gasteiger partial charge in [-0.2, -0.15) is 0 Å². The highest BCUT2D eigenvalue weighted by atomic mass is 16.3. The van der Waals surface area contributed by atoms with Gasteiger partial charge in [-0.05, 0) is 25.3 Å². The Bertz CT molecular complexity index is 269. The molecule has 0 saturated carbocycles. The van der Waals surface area contributed by atoms with Crippen molar-refractivity contribution in [3.8, 4) is 0 Å². The van der Waals surface area contributed by atoms with E-state index in [0.29, 0.717) is 18.5 Å². The minimum atomic E-state index is -0.296. The fourth-order valence-corrected chi connectivity index (χ4v) is 2.56. The van der Waals surface area contributed by atoms with Crippen molar-refractivity contribution in [2.45, 2.75) is 52.7 Å². The minimum Gasteiger partial charge on any atom is -0.393 e. The van der Waals surface area contributed by atoms with Gasteiger partial charge in [-0.3, -0.25) is 4.79 Å². The molecular formula is C14H28N2O2. The number of hydrogen-bond acceptors (Lipinski definition) is 3. The van der Waals surface area contributed by atoms with Gasteiger partial charge in [0.1, 0.15) is 0 Å². The number of nitrogens with one attached hydrogen (secondary N) is 1. The van der Waals surface area contributed by atoms with E-state index in [9.17, 15) is 9.90 Å². The van der Waals surface area contributed by atoms with Gasteiger partial charge in [-0.25, -0.2) is 0 Å². The summed E-state index contributed by atoms with van der Waals surface area (Å²) in [7, 11) is 0. The molecule has 1 amide bonds. The molecule has 106 valence electrons. The molecule has 0 aromatic heterocycles. The zero-order valence-electron chi connectivity index (χ0n) is 12.1. The molecule has 0 spiro atoms. The van der Waals surface area contributed by atoms with E-state index in [-0.39, 0.29) is 17.9 Å². The number of aliphatic hydroxyl groups excluding tert-OH is 1. The highest BCUT2D eigenvalue weighted by Gasteiger charge is 2.31. The molecule has 0 radical (unpaired) electrons. The van der Waals surface area contributed by atoms with Gasteiger partial charge in [0.25, 0.3) is 0 Å². The molecule has 0 aromatic rings. The third kappa shape index (κ3) is 4.58. The van der Waals surface area contributed by atoms with Crippen LogP contribution in [0.3, 0.4) is 0 Å². The number of carbonyl (C=O) groups excluding carboxylic acids is 1. The number of hydrogen-bond donors (Lipinski definition) is 2. The van der Waals surface area contributed by atoms with Gasteiger partial charge in [-0.15, -0.1) is 0 Å². The Balaban J connectivity index is 2.59. The van der Waals surface area contributed by atoms with E-state index >= 15 is 0 Å². The van der Waals surface area contributed by atoms with Crippen molar-refractivity contribution in [1.29, 1.82) is 0 Å². The molecule has 1 saturated heterocycles. The third-order valence-electron chi connectivity index (χ3n) is 3.71. The number of aliphatic hydroxyl groups is 1. The highest BCUT2D eigenvalue weighted by Crippen LogP contribution is 2.22. The van der Waals surface area contributed by atoms with Crippen LogP contribution in [0.4, 0.5) is 0 Å². The van der Waals surface area contributed by atoms with Gasteiger partial charge >= 0.3 is 0 Å². The zero-order valence-corrected chi connectivity index (χ0v) is 12.1. The first-order valence-corrected chi connectivity index (χ1v) is 7.11. The van der Waals surface area contributed by atoms with Gasteiger partial charge in [-0.1, -0.05) is 20.8 Å². The lowest BCUT2D eigenvalue weighted by Gasteiger charge is -2.39. The lowest BCUT2D eigenvalue weighted by atomic mass is 9.88. The maximum atomic E-state index is 11.6. The fourth-order valence-electron chi connectivity index (χ4n) is 2.56. The quantitative estimate of drug-likeness (QED) is 0.778. The number of nitrogens with zero attached hydrogens (tertiary/aromatic N) is 1. The van der Waals surface area contributed by atoms with Crippen LogP contribution in [0.1, 0.15) is 40.5 Å². The summed E-state index contributed by atoms with van der Waals surface area (Å²) in [6.45, 7) is 10.4. The average molecular weight is 256 g/mol. The molecule has 1 aliphatic heterocycles. The molecule has 0 aromatic carbocycles. The van der Waals surface area contributed by atoms with Gasteiger partial charge in [0.05, 0.1) is 6.10 Å². The summed E-state index contributed by atoms with van der Waals surface area (Å²) in [6, 6.07) is 0.316. The third-order valence-corrected chi connectivity index (χ3v) is 3.71. The van der Waals surface area contributed by atoms with Crippen LogP contribution in [0.25, 0.3) is 0 Å². The number of carbonyl (C=O) groups is 1. The molecule has 4 nitrogen and oxygen atoms in total. The molecule has 1 fully saturated rings. The summed E-state index contributed by atoms with van der Waals surface area (Å²) in [4.78, 5) is 13.4. The summed E-state index contributed by atoms with van der Waals surface area (Å²) in [5.41, 5.74) is 0. The summed E-state index contributed by atoms with van der Waals surface area (Å²) in [5, 5.41) is 13.5. The van der Waals surface area contributed by atoms with Crippen LogP contribution in [0.15, 0.2) is 0 Å². The Hall–Kier alpha value is -0.610. The van der Waals surface area contributed by atoms with Gasteiger partial charge in [0.15, 0.2) is 0 Å². The van der Waals surface area contributed by atoms with E-state index in [1.807, 2.05) is 11.8 Å². The molecule has 1 heterocycles. The van der Waals surface area contributed by atoms with Crippen molar-refractivity contribution in [3.63, 3.8) is 0 Å². The Labute approximate surface area is 111 Å². The molecule has 3 unspecified atom stereocenters. The minimum absolute atomic E-state index is 0.111. The highest BCUT2D eigenvalue weighted by molar-refractivity contribution is 5.73. The summed E-state index contributed by atoms with van der Waals surface area (Å²) in [6.07, 6.45) is 1.43. The van der Waals surface area contributed by atoms with E-state index in [2.05, 4.69) is 19.2 Å². The zero-order chi connectivity index (χ0) is 13.7. The smallest absolute Gasteiger partial charge is 0.219 e. The second kappa shape index (κ2) is 7.10. The van der Waals surface area contributed by atoms with Gasteiger partial charge < -0.3 is 15.3 Å². The van der Waals surface area contributed by atoms with Crippen LogP contribution in [0.2, 0.25) is 0 Å². The van der Waals surface area contributed by atoms with E-state index in [1.165, 1.54) is 0 Å². The van der Waals surface area contributed by atoms with E-state index in [1.54, 1.807) is 6.92 Å². The fraction of sp³-hybridized carbons (Fsp3) is 0.929. The van der Waals surface area contributed by atoms with Crippen molar-refractivity contribution in [3.05, 3.63) is 0 Å². The van der Waals surface area contributed by atoms with E-state index in [0.717, 1.165) is 25.9 Å². The Kier molecular flexibility index (Phi) is 6.09. The van der Waals surface area contributed by atoms with Crippen LogP contribution in [-0.4, -0.2) is 47.7 Å². The van der Waals surface area contributed by atoms with Crippen molar-refractivity contribution in [2.24, 2.45) is 11.8 Å². The topological polar surface area (TPSA) is 52.6 Å². The second-order valence-corrected chi connectivity index (χ2v) is 5.89. The lowest BCUT2D eigenvalue weighted by Crippen LogP contribution is -2.53. The normalized spacial score (nSPS) is 26.4. The number of piperidine rings is 1. The molecule has 18 heavy (non-hydrogen) atoms. The first kappa shape index (κ1) is 15.4. The maximum absolute atomic E-state index is 11.6. The predicted molar refractivity (Wildman–Crippen MR) is 73.3 cm³/mol. The number of rotatable bonds is 5. The van der Waals surface area contributed by atoms with Gasteiger partial charge in [0, 0.05) is 32.0 Å². The largest absolute Gasteiger partial charge is 0.393 e. The van der Waals surface area contributed by atoms with Crippen molar-refractivity contribution in [2.75, 3.05) is 19.6 Å². The molecule has 4 heteroatoms. The van der Waals surface area contributed by atoms with Gasteiger partial charge in [0.2, 0.25) is 5.91 Å². The molecular weight excluding hydrogens is 228 g/mol. The molecule has 3 atom stereocenters. The predicted octanol–water partition coefficient (Wildman–Crippen LogP) is 1.24. The van der Waals surface area contributed by atoms with Crippen LogP contribution >= 0.6 is 0 Å². The van der Waals surface area contributed by atoms with Crippen LogP contribution in [-0.2, 0) is 4.79 Å². The Morgan fingerprint density at radius 2 is 2.11 bits per heavy atom. The second-order valence-electron chi connectivity index (χ2n) is 5.89. The average Bonchev–Trinajstić information content (AvgIpc) is 2.34. The lowest BCUT2D eigenvalue weighted by molar-refractivity contribution is -0.132. The number of likely N-dealkylation sites (tertiary alicyclic amines) is 1. The molecule has 1 aliphatic rings. The van der Waals surface area contributed by atoms with Crippen molar-refractivity contribution < 1.29 is 9.90 Å². The summed E-state index contributed by atoms with van der Waals surface area (Å²) < 4.78 is 0. The Morgan fingerprint density at radius 1 is 1.44 bits per heavy atom. The van der Waals surface area contributed by atoms with E-state index < -0.39 is 0 Å². The first-order chi connectivity index (χ1) is 8.43. The van der Waals surface area contributed by atoms with Crippen LogP contribution in [0, 0.1) is 11.8 Å². The van der Waals surface area contributed by atoms with E-state index in [4.69, 9.17) is 0 Å². The Morgan fingerprint density at radius 3 is 2.61 bits per heavy atom. The van der Waals surface area contributed by atoms with Crippen LogP contribution < -0.4 is 5.32 Å².